The van der Waals surface area contributed by atoms with Gasteiger partial charge in [0, 0.05) is 51.5 Å². The van der Waals surface area contributed by atoms with E-state index in [1.807, 2.05) is 42.1 Å². The summed E-state index contributed by atoms with van der Waals surface area (Å²) in [5, 5.41) is 14.6. The monoisotopic (exact) mass is 328 g/mol. The van der Waals surface area contributed by atoms with Crippen molar-refractivity contribution in [3.05, 3.63) is 48.3 Å². The van der Waals surface area contributed by atoms with E-state index in [2.05, 4.69) is 16.1 Å². The molecule has 1 aliphatic heterocycles. The zero-order valence-electron chi connectivity index (χ0n) is 14.0. The molecule has 1 aromatic heterocycles. The van der Waals surface area contributed by atoms with Gasteiger partial charge in [-0.25, -0.2) is 4.68 Å². The summed E-state index contributed by atoms with van der Waals surface area (Å²) in [6.45, 7) is 4.99. The normalized spacial score (nSPS) is 19.2. The average molecular weight is 328 g/mol. The lowest BCUT2D eigenvalue weighted by atomic mass is 10.1. The van der Waals surface area contributed by atoms with Gasteiger partial charge in [0.05, 0.1) is 11.8 Å². The summed E-state index contributed by atoms with van der Waals surface area (Å²) in [6, 6.07) is 10.1. The molecule has 2 heterocycles. The Kier molecular flexibility index (Phi) is 5.27. The molecule has 1 fully saturated rings. The van der Waals surface area contributed by atoms with Crippen molar-refractivity contribution in [3.8, 4) is 5.69 Å². The van der Waals surface area contributed by atoms with E-state index in [0.29, 0.717) is 26.1 Å². The Bertz CT molecular complexity index is 671. The largest absolute Gasteiger partial charge is 0.390 e. The van der Waals surface area contributed by atoms with E-state index in [-0.39, 0.29) is 5.91 Å². The number of hydrogen-bond donors (Lipinski definition) is 1. The Balaban J connectivity index is 1.74. The number of benzene rings is 1. The lowest BCUT2D eigenvalue weighted by Crippen LogP contribution is -2.37. The van der Waals surface area contributed by atoms with Crippen LogP contribution in [0.15, 0.2) is 42.7 Å². The first-order valence-electron chi connectivity index (χ1n) is 8.43. The number of hydrogen-bond acceptors (Lipinski definition) is 4. The van der Waals surface area contributed by atoms with Crippen molar-refractivity contribution in [1.29, 1.82) is 0 Å². The molecule has 3 rings (SSSR count). The Labute approximate surface area is 142 Å². The number of aliphatic hydroxyl groups is 1. The lowest BCUT2D eigenvalue weighted by molar-refractivity contribution is -0.131. The van der Waals surface area contributed by atoms with E-state index in [4.69, 9.17) is 0 Å². The van der Waals surface area contributed by atoms with E-state index >= 15 is 0 Å². The van der Waals surface area contributed by atoms with Crippen molar-refractivity contribution in [2.24, 2.45) is 0 Å². The zero-order valence-corrected chi connectivity index (χ0v) is 14.0. The first-order chi connectivity index (χ1) is 11.7. The number of carbonyl (C=O) groups is 1. The average Bonchev–Trinajstić information content (AvgIpc) is 3.05. The van der Waals surface area contributed by atoms with Gasteiger partial charge in [0.1, 0.15) is 0 Å². The van der Waals surface area contributed by atoms with Crippen LogP contribution in [-0.4, -0.2) is 62.9 Å². The molecule has 0 aliphatic carbocycles. The molecule has 0 bridgehead atoms. The molecule has 2 aromatic rings. The first-order valence-corrected chi connectivity index (χ1v) is 8.43. The van der Waals surface area contributed by atoms with Crippen LogP contribution in [0.3, 0.4) is 0 Å². The molecule has 1 atom stereocenters. The van der Waals surface area contributed by atoms with Crippen LogP contribution in [0, 0.1) is 0 Å². The van der Waals surface area contributed by atoms with Gasteiger partial charge in [-0.1, -0.05) is 25.1 Å². The molecule has 1 aliphatic rings. The Morgan fingerprint density at radius 1 is 1.25 bits per heavy atom. The van der Waals surface area contributed by atoms with E-state index in [1.165, 1.54) is 0 Å². The van der Waals surface area contributed by atoms with Gasteiger partial charge in [0.15, 0.2) is 0 Å². The van der Waals surface area contributed by atoms with Gasteiger partial charge in [-0.3, -0.25) is 9.69 Å². The molecule has 24 heavy (non-hydrogen) atoms. The fourth-order valence-corrected chi connectivity index (χ4v) is 3.17. The van der Waals surface area contributed by atoms with E-state index in [0.717, 1.165) is 24.3 Å². The van der Waals surface area contributed by atoms with Crippen LogP contribution >= 0.6 is 0 Å². The second-order valence-corrected chi connectivity index (χ2v) is 6.16. The van der Waals surface area contributed by atoms with Crippen LogP contribution in [-0.2, 0) is 11.3 Å². The molecular formula is C18H24N4O2. The summed E-state index contributed by atoms with van der Waals surface area (Å²) in [7, 11) is 0. The fourth-order valence-electron chi connectivity index (χ4n) is 3.17. The summed E-state index contributed by atoms with van der Waals surface area (Å²) in [5.41, 5.74) is 2.20. The second-order valence-electron chi connectivity index (χ2n) is 6.16. The Morgan fingerprint density at radius 3 is 2.83 bits per heavy atom. The molecule has 128 valence electrons. The van der Waals surface area contributed by atoms with Gasteiger partial charge >= 0.3 is 0 Å². The summed E-state index contributed by atoms with van der Waals surface area (Å²) >= 11 is 0. The number of para-hydroxylation sites is 1. The maximum atomic E-state index is 11.9. The van der Waals surface area contributed by atoms with Crippen molar-refractivity contribution in [1.82, 2.24) is 19.6 Å². The van der Waals surface area contributed by atoms with E-state index in [1.54, 1.807) is 11.1 Å². The third-order valence-corrected chi connectivity index (χ3v) is 4.38. The van der Waals surface area contributed by atoms with Crippen LogP contribution in [0.1, 0.15) is 18.9 Å². The summed E-state index contributed by atoms with van der Waals surface area (Å²) in [4.78, 5) is 15.9. The number of β-amino-alcohol motifs (C(OH)–C–C–N with tert-alkyl or cyclic N) is 1. The maximum absolute atomic E-state index is 11.9. The van der Waals surface area contributed by atoms with Crippen LogP contribution in [0.5, 0.6) is 0 Å². The van der Waals surface area contributed by atoms with Crippen molar-refractivity contribution in [3.63, 3.8) is 0 Å². The van der Waals surface area contributed by atoms with Crippen LogP contribution in [0.25, 0.3) is 5.69 Å². The zero-order chi connectivity index (χ0) is 16.9. The van der Waals surface area contributed by atoms with Crippen molar-refractivity contribution < 1.29 is 9.90 Å². The molecule has 1 saturated heterocycles. The predicted octanol–water partition coefficient (Wildman–Crippen LogP) is 1.29. The Hall–Kier alpha value is -2.18. The molecule has 1 N–H and O–H groups in total. The standard InChI is InChI=1S/C18H24N4O2/c1-2-18(24)21-11-10-20(13-16(23)14-21)12-15-6-3-4-7-17(15)22-9-5-8-19-22/h3-9,16,23H,2,10-14H2,1H3/t16-/m0/s1. The number of nitrogens with zero attached hydrogens (tertiary/aromatic N) is 4. The summed E-state index contributed by atoms with van der Waals surface area (Å²) in [6.07, 6.45) is 3.66. The summed E-state index contributed by atoms with van der Waals surface area (Å²) in [5.74, 6) is 0.104. The maximum Gasteiger partial charge on any atom is 0.222 e. The molecule has 0 radical (unpaired) electrons. The molecule has 6 heteroatoms. The van der Waals surface area contributed by atoms with Crippen LogP contribution < -0.4 is 0 Å². The van der Waals surface area contributed by atoms with Gasteiger partial charge in [0.2, 0.25) is 5.91 Å². The highest BCUT2D eigenvalue weighted by molar-refractivity contribution is 5.75. The topological polar surface area (TPSA) is 61.6 Å². The number of carbonyl (C=O) groups excluding carboxylic acids is 1. The van der Waals surface area contributed by atoms with Gasteiger partial charge in [-0.2, -0.15) is 5.10 Å². The highest BCUT2D eigenvalue weighted by atomic mass is 16.3. The molecular weight excluding hydrogens is 304 g/mol. The molecule has 1 amide bonds. The molecule has 1 aromatic carbocycles. The second kappa shape index (κ2) is 7.59. The fraction of sp³-hybridized carbons (Fsp3) is 0.444. The first kappa shape index (κ1) is 16.7. The molecule has 0 unspecified atom stereocenters. The number of aliphatic hydroxyl groups excluding tert-OH is 1. The van der Waals surface area contributed by atoms with Gasteiger partial charge < -0.3 is 10.0 Å². The minimum Gasteiger partial charge on any atom is -0.390 e. The Morgan fingerprint density at radius 2 is 2.08 bits per heavy atom. The molecule has 6 nitrogen and oxygen atoms in total. The molecule has 0 spiro atoms. The van der Waals surface area contributed by atoms with Gasteiger partial charge in [-0.15, -0.1) is 0 Å². The third kappa shape index (κ3) is 3.83. The number of rotatable bonds is 4. The van der Waals surface area contributed by atoms with E-state index < -0.39 is 6.10 Å². The highest BCUT2D eigenvalue weighted by Crippen LogP contribution is 2.17. The van der Waals surface area contributed by atoms with Crippen molar-refractivity contribution in [2.45, 2.75) is 26.0 Å². The SMILES string of the molecule is CCC(=O)N1CCN(Cc2ccccc2-n2cccn2)C[C@H](O)C1. The molecule has 0 saturated carbocycles. The summed E-state index contributed by atoms with van der Waals surface area (Å²) < 4.78 is 1.86. The quantitative estimate of drug-likeness (QED) is 0.919. The van der Waals surface area contributed by atoms with Crippen LogP contribution in [0.4, 0.5) is 0 Å². The number of aromatic nitrogens is 2. The van der Waals surface area contributed by atoms with Crippen molar-refractivity contribution >= 4 is 5.91 Å². The predicted molar refractivity (Wildman–Crippen MR) is 91.7 cm³/mol. The van der Waals surface area contributed by atoms with Gasteiger partial charge in [0.25, 0.3) is 0 Å². The highest BCUT2D eigenvalue weighted by Gasteiger charge is 2.24. The van der Waals surface area contributed by atoms with E-state index in [9.17, 15) is 9.90 Å². The van der Waals surface area contributed by atoms with Gasteiger partial charge in [-0.05, 0) is 17.7 Å². The lowest BCUT2D eigenvalue weighted by Gasteiger charge is -2.22. The number of amides is 1. The third-order valence-electron chi connectivity index (χ3n) is 4.38. The van der Waals surface area contributed by atoms with Crippen molar-refractivity contribution in [2.75, 3.05) is 26.2 Å². The minimum absolute atomic E-state index is 0.104. The van der Waals surface area contributed by atoms with Crippen LogP contribution in [0.2, 0.25) is 0 Å². The smallest absolute Gasteiger partial charge is 0.222 e. The minimum atomic E-state index is -0.514.